The van der Waals surface area contributed by atoms with Crippen molar-refractivity contribution in [3.8, 4) is 0 Å². The van der Waals surface area contributed by atoms with Crippen molar-refractivity contribution in [2.45, 2.75) is 503 Å². The quantitative estimate of drug-likeness (QED) is 0.0222. The van der Waals surface area contributed by atoms with Gasteiger partial charge >= 0.3 is 39.5 Å². The maximum Gasteiger partial charge on any atom is 0.472 e. The number of esters is 4. The summed E-state index contributed by atoms with van der Waals surface area (Å²) in [5, 5.41) is 10.7. The topological polar surface area (TPSA) is 237 Å². The van der Waals surface area contributed by atoms with Crippen LogP contribution in [0.15, 0.2) is 0 Å². The Bertz CT molecular complexity index is 2120. The summed E-state index contributed by atoms with van der Waals surface area (Å²) in [6, 6.07) is 0. The minimum Gasteiger partial charge on any atom is -0.462 e. The van der Waals surface area contributed by atoms with E-state index in [9.17, 15) is 43.2 Å². The Kier molecular flexibility index (Phi) is 79.4. The molecule has 17 nitrogen and oxygen atoms in total. The number of carbonyl (C=O) groups is 4. The van der Waals surface area contributed by atoms with Gasteiger partial charge < -0.3 is 33.8 Å². The first-order valence-electron chi connectivity index (χ1n) is 46.9. The molecule has 19 heteroatoms. The highest BCUT2D eigenvalue weighted by Crippen LogP contribution is 2.45. The lowest BCUT2D eigenvalue weighted by atomic mass is 9.99. The second-order valence-electron chi connectivity index (χ2n) is 33.9. The summed E-state index contributed by atoms with van der Waals surface area (Å²) < 4.78 is 69.1. The van der Waals surface area contributed by atoms with E-state index in [4.69, 9.17) is 37.0 Å². The molecule has 0 amide bonds. The van der Waals surface area contributed by atoms with Gasteiger partial charge in [-0.3, -0.25) is 37.3 Å². The number of ether oxygens (including phenoxy) is 4. The number of aliphatic hydroxyl groups is 1. The highest BCUT2D eigenvalue weighted by Gasteiger charge is 2.31. The van der Waals surface area contributed by atoms with Gasteiger partial charge in [-0.05, 0) is 43.4 Å². The minimum absolute atomic E-state index is 0.106. The summed E-state index contributed by atoms with van der Waals surface area (Å²) in [4.78, 5) is 73.4. The summed E-state index contributed by atoms with van der Waals surface area (Å²) in [5.74, 6) is 0.285. The normalized spacial score (nSPS) is 14.0. The van der Waals surface area contributed by atoms with Crippen molar-refractivity contribution in [1.82, 2.24) is 0 Å². The fraction of sp³-hybridized carbons (Fsp3) is 0.956. The molecular formula is C91H178O17P2. The Morgan fingerprint density at radius 2 is 0.464 bits per heavy atom. The Hall–Kier alpha value is -1.94. The second-order valence-corrected chi connectivity index (χ2v) is 36.8. The lowest BCUT2D eigenvalue weighted by Gasteiger charge is -2.21. The number of aliphatic hydroxyl groups excluding tert-OH is 1. The van der Waals surface area contributed by atoms with Crippen molar-refractivity contribution < 1.29 is 80.2 Å². The van der Waals surface area contributed by atoms with Gasteiger partial charge in [0.05, 0.1) is 26.4 Å². The van der Waals surface area contributed by atoms with E-state index in [2.05, 4.69) is 48.5 Å². The van der Waals surface area contributed by atoms with Crippen molar-refractivity contribution in [1.29, 1.82) is 0 Å². The molecule has 0 aliphatic heterocycles. The predicted octanol–water partition coefficient (Wildman–Crippen LogP) is 28.0. The molecule has 0 aliphatic rings. The number of rotatable bonds is 89. The smallest absolute Gasteiger partial charge is 0.462 e. The molecule has 0 aromatic heterocycles. The molecule has 0 saturated carbocycles. The molecule has 0 fully saturated rings. The van der Waals surface area contributed by atoms with Crippen LogP contribution in [-0.4, -0.2) is 96.7 Å². The van der Waals surface area contributed by atoms with Gasteiger partial charge in [0.1, 0.15) is 19.3 Å². The van der Waals surface area contributed by atoms with Gasteiger partial charge in [0, 0.05) is 25.7 Å². The summed E-state index contributed by atoms with van der Waals surface area (Å²) in [6.45, 7) is 12.1. The highest BCUT2D eigenvalue weighted by molar-refractivity contribution is 7.47. The van der Waals surface area contributed by atoms with E-state index in [0.717, 1.165) is 108 Å². The van der Waals surface area contributed by atoms with Crippen LogP contribution in [0.2, 0.25) is 0 Å². The monoisotopic (exact) mass is 1610 g/mol. The molecule has 654 valence electrons. The molecule has 0 saturated heterocycles. The number of carbonyl (C=O) groups excluding carboxylic acids is 4. The van der Waals surface area contributed by atoms with Gasteiger partial charge in [-0.25, -0.2) is 9.13 Å². The van der Waals surface area contributed by atoms with Crippen molar-refractivity contribution in [2.24, 2.45) is 17.8 Å². The molecule has 0 heterocycles. The van der Waals surface area contributed by atoms with Crippen LogP contribution >= 0.6 is 15.6 Å². The minimum atomic E-state index is -4.97. The van der Waals surface area contributed by atoms with Crippen LogP contribution in [0.5, 0.6) is 0 Å². The zero-order valence-corrected chi connectivity index (χ0v) is 74.5. The van der Waals surface area contributed by atoms with Crippen LogP contribution in [0.25, 0.3) is 0 Å². The lowest BCUT2D eigenvalue weighted by Crippen LogP contribution is -2.30. The molecule has 0 aromatic rings. The van der Waals surface area contributed by atoms with Crippen LogP contribution in [0, 0.1) is 17.8 Å². The number of phosphoric ester groups is 2. The Morgan fingerprint density at radius 1 is 0.264 bits per heavy atom. The standard InChI is InChI=1S/C91H178O17P2/c1-8-10-11-12-13-14-15-16-17-18-19-20-21-22-27-30-33-36-46-53-60-67-74-90(95)107-86(78-101-88(93)72-65-58-51-44-35-32-29-26-24-23-25-28-31-34-41-48-55-62-69-82(3)4)80-105-109(97,98)103-76-85(92)77-104-110(99,100)106-81-87(79-102-89(94)73-66-59-52-45-39-37-42-49-56-63-70-83(5)6)108-91(96)75-68-61-54-47-40-38-43-50-57-64-71-84(7)9-2/h82-87,92H,8-81H2,1-7H3,(H,97,98)(H,99,100)/t84?,85-,86-,87-/m1/s1. The van der Waals surface area contributed by atoms with E-state index in [-0.39, 0.29) is 25.7 Å². The highest BCUT2D eigenvalue weighted by atomic mass is 31.2. The zero-order chi connectivity index (χ0) is 80.8. The first-order valence-corrected chi connectivity index (χ1v) is 49.9. The number of unbranched alkanes of at least 4 members (excludes halogenated alkanes) is 56. The Labute approximate surface area is 677 Å². The second kappa shape index (κ2) is 80.8. The molecule has 0 aliphatic carbocycles. The van der Waals surface area contributed by atoms with E-state index < -0.39 is 97.5 Å². The molecule has 110 heavy (non-hydrogen) atoms. The van der Waals surface area contributed by atoms with Gasteiger partial charge in [0.25, 0.3) is 0 Å². The van der Waals surface area contributed by atoms with E-state index >= 15 is 0 Å². The molecule has 0 aromatic carbocycles. The fourth-order valence-electron chi connectivity index (χ4n) is 14.2. The van der Waals surface area contributed by atoms with Crippen LogP contribution in [-0.2, 0) is 65.4 Å². The SMILES string of the molecule is CCCCCCCCCCCCCCCCCCCCCCCCC(=O)O[C@H](COC(=O)CCCCCCCCCCCCCCCCCCCCC(C)C)COP(=O)(O)OC[C@@H](O)COP(=O)(O)OC[C@@H](COC(=O)CCCCCCCCCCCCC(C)C)OC(=O)CCCCCCCCCCCCC(C)CC. The van der Waals surface area contributed by atoms with Crippen molar-refractivity contribution >= 4 is 39.5 Å². The van der Waals surface area contributed by atoms with E-state index in [1.54, 1.807) is 0 Å². The Balaban J connectivity index is 5.24. The van der Waals surface area contributed by atoms with Crippen LogP contribution < -0.4 is 0 Å². The molecule has 0 rings (SSSR count). The first-order chi connectivity index (χ1) is 53.3. The molecule has 6 atom stereocenters. The number of phosphoric acid groups is 2. The number of hydrogen-bond donors (Lipinski definition) is 3. The molecule has 3 N–H and O–H groups in total. The van der Waals surface area contributed by atoms with Crippen LogP contribution in [0.4, 0.5) is 0 Å². The summed E-state index contributed by atoms with van der Waals surface area (Å²) in [5.41, 5.74) is 0. The third kappa shape index (κ3) is 82.6. The first kappa shape index (κ1) is 108. The number of hydrogen-bond acceptors (Lipinski definition) is 15. The van der Waals surface area contributed by atoms with Gasteiger partial charge in [-0.15, -0.1) is 0 Å². The van der Waals surface area contributed by atoms with Crippen molar-refractivity contribution in [3.63, 3.8) is 0 Å². The van der Waals surface area contributed by atoms with Crippen LogP contribution in [0.3, 0.4) is 0 Å². The summed E-state index contributed by atoms with van der Waals surface area (Å²) in [6.07, 6.45) is 73.7. The van der Waals surface area contributed by atoms with E-state index in [1.807, 2.05) is 0 Å². The van der Waals surface area contributed by atoms with E-state index in [0.29, 0.717) is 25.7 Å². The zero-order valence-electron chi connectivity index (χ0n) is 72.7. The predicted molar refractivity (Wildman–Crippen MR) is 455 cm³/mol. The fourth-order valence-corrected chi connectivity index (χ4v) is 15.8. The summed E-state index contributed by atoms with van der Waals surface area (Å²) in [7, 11) is -9.94. The van der Waals surface area contributed by atoms with Gasteiger partial charge in [-0.2, -0.15) is 0 Å². The molecule has 0 radical (unpaired) electrons. The maximum atomic E-state index is 13.2. The van der Waals surface area contributed by atoms with Crippen molar-refractivity contribution in [2.75, 3.05) is 39.6 Å². The third-order valence-electron chi connectivity index (χ3n) is 21.7. The largest absolute Gasteiger partial charge is 0.472 e. The molecular weight excluding hydrogens is 1430 g/mol. The summed E-state index contributed by atoms with van der Waals surface area (Å²) >= 11 is 0. The average molecular weight is 1610 g/mol. The van der Waals surface area contributed by atoms with Crippen molar-refractivity contribution in [3.05, 3.63) is 0 Å². The molecule has 3 unspecified atom stereocenters. The van der Waals surface area contributed by atoms with Crippen LogP contribution in [0.1, 0.15) is 485 Å². The maximum absolute atomic E-state index is 13.2. The molecule has 0 bridgehead atoms. The lowest BCUT2D eigenvalue weighted by molar-refractivity contribution is -0.161. The molecule has 0 spiro atoms. The van der Waals surface area contributed by atoms with Gasteiger partial charge in [0.2, 0.25) is 0 Å². The average Bonchev–Trinajstić information content (AvgIpc) is 0.901. The Morgan fingerprint density at radius 3 is 0.691 bits per heavy atom. The van der Waals surface area contributed by atoms with Gasteiger partial charge in [-0.1, -0.05) is 434 Å². The van der Waals surface area contributed by atoms with E-state index in [1.165, 1.54) is 295 Å². The van der Waals surface area contributed by atoms with Gasteiger partial charge in [0.15, 0.2) is 12.2 Å². The third-order valence-corrected chi connectivity index (χ3v) is 23.6.